The Hall–Kier alpha value is -0.0800. The molecule has 2 nitrogen and oxygen atoms in total. The Kier molecular flexibility index (Phi) is 4.94. The van der Waals surface area contributed by atoms with Crippen LogP contribution in [-0.2, 0) is 0 Å². The zero-order chi connectivity index (χ0) is 14.0. The van der Waals surface area contributed by atoms with E-state index in [0.717, 1.165) is 30.2 Å². The van der Waals surface area contributed by atoms with Crippen molar-refractivity contribution in [3.05, 3.63) is 0 Å². The number of likely N-dealkylation sites (tertiary alicyclic amines) is 1. The molecular weight excluding hydrogens is 232 g/mol. The van der Waals surface area contributed by atoms with E-state index in [0.29, 0.717) is 0 Å². The highest BCUT2D eigenvalue weighted by Gasteiger charge is 2.45. The highest BCUT2D eigenvalue weighted by molar-refractivity contribution is 5.00. The van der Waals surface area contributed by atoms with Crippen LogP contribution in [-0.4, -0.2) is 30.1 Å². The standard InChI is InChI=1S/C17H34N2/c1-13(2)8-17(12-18,9-14(3)4)19-10-15-6-5-7-16(15)11-19/h13-16H,5-12,18H2,1-4H3. The first-order valence-electron chi connectivity index (χ1n) is 8.42. The van der Waals surface area contributed by atoms with Gasteiger partial charge in [-0.3, -0.25) is 4.90 Å². The monoisotopic (exact) mass is 266 g/mol. The summed E-state index contributed by atoms with van der Waals surface area (Å²) in [4.78, 5) is 2.79. The molecule has 2 fully saturated rings. The third-order valence-electron chi connectivity index (χ3n) is 5.35. The fourth-order valence-corrected chi connectivity index (χ4v) is 4.78. The van der Waals surface area contributed by atoms with Crippen LogP contribution in [0.5, 0.6) is 0 Å². The molecule has 1 aliphatic carbocycles. The van der Waals surface area contributed by atoms with Crippen molar-refractivity contribution in [2.24, 2.45) is 29.4 Å². The van der Waals surface area contributed by atoms with Crippen LogP contribution in [0.4, 0.5) is 0 Å². The molecule has 0 aromatic carbocycles. The minimum atomic E-state index is 0.271. The van der Waals surface area contributed by atoms with Gasteiger partial charge in [-0.05, 0) is 49.4 Å². The van der Waals surface area contributed by atoms with Crippen LogP contribution in [0.3, 0.4) is 0 Å². The Morgan fingerprint density at radius 3 is 1.84 bits per heavy atom. The van der Waals surface area contributed by atoms with Crippen LogP contribution >= 0.6 is 0 Å². The lowest BCUT2D eigenvalue weighted by Crippen LogP contribution is -2.54. The third kappa shape index (κ3) is 3.33. The predicted molar refractivity (Wildman–Crippen MR) is 83.1 cm³/mol. The van der Waals surface area contributed by atoms with E-state index in [9.17, 15) is 0 Å². The van der Waals surface area contributed by atoms with Gasteiger partial charge < -0.3 is 5.73 Å². The summed E-state index contributed by atoms with van der Waals surface area (Å²) in [7, 11) is 0. The Morgan fingerprint density at radius 2 is 1.47 bits per heavy atom. The molecule has 1 aliphatic heterocycles. The molecule has 0 aromatic heterocycles. The van der Waals surface area contributed by atoms with E-state index in [-0.39, 0.29) is 5.54 Å². The van der Waals surface area contributed by atoms with Crippen LogP contribution in [0.25, 0.3) is 0 Å². The maximum atomic E-state index is 6.29. The van der Waals surface area contributed by atoms with Gasteiger partial charge in [-0.15, -0.1) is 0 Å². The van der Waals surface area contributed by atoms with E-state index in [4.69, 9.17) is 5.73 Å². The maximum Gasteiger partial charge on any atom is 0.0336 e. The van der Waals surface area contributed by atoms with E-state index < -0.39 is 0 Å². The molecule has 1 heterocycles. The first kappa shape index (κ1) is 15.3. The van der Waals surface area contributed by atoms with Crippen LogP contribution in [0.2, 0.25) is 0 Å². The molecule has 0 bridgehead atoms. The zero-order valence-corrected chi connectivity index (χ0v) is 13.5. The predicted octanol–water partition coefficient (Wildman–Crippen LogP) is 3.51. The Labute approximate surface area is 120 Å². The second-order valence-corrected chi connectivity index (χ2v) is 7.98. The average molecular weight is 266 g/mol. The second-order valence-electron chi connectivity index (χ2n) is 7.98. The molecule has 2 aliphatic rings. The third-order valence-corrected chi connectivity index (χ3v) is 5.35. The van der Waals surface area contributed by atoms with Gasteiger partial charge in [0.2, 0.25) is 0 Å². The molecular formula is C17H34N2. The lowest BCUT2D eigenvalue weighted by Gasteiger charge is -2.44. The molecule has 0 radical (unpaired) electrons. The number of rotatable bonds is 6. The first-order valence-corrected chi connectivity index (χ1v) is 8.42. The summed E-state index contributed by atoms with van der Waals surface area (Å²) in [5, 5.41) is 0. The molecule has 2 N–H and O–H groups in total. The van der Waals surface area contributed by atoms with E-state index in [1.54, 1.807) is 0 Å². The molecule has 112 valence electrons. The molecule has 1 saturated carbocycles. The number of hydrogen-bond donors (Lipinski definition) is 1. The molecule has 0 amide bonds. The molecule has 2 atom stereocenters. The van der Waals surface area contributed by atoms with Gasteiger partial charge in [0.1, 0.15) is 0 Å². The summed E-state index contributed by atoms with van der Waals surface area (Å²) in [5.41, 5.74) is 6.56. The topological polar surface area (TPSA) is 29.3 Å². The highest BCUT2D eigenvalue weighted by atomic mass is 15.2. The Morgan fingerprint density at radius 1 is 1.00 bits per heavy atom. The van der Waals surface area contributed by atoms with Gasteiger partial charge in [0.05, 0.1) is 0 Å². The maximum absolute atomic E-state index is 6.29. The van der Waals surface area contributed by atoms with E-state index >= 15 is 0 Å². The summed E-state index contributed by atoms with van der Waals surface area (Å²) >= 11 is 0. The Bertz CT molecular complexity index is 263. The molecule has 2 unspecified atom stereocenters. The minimum absolute atomic E-state index is 0.271. The highest BCUT2D eigenvalue weighted by Crippen LogP contribution is 2.43. The van der Waals surface area contributed by atoms with Crippen LogP contribution < -0.4 is 5.73 Å². The summed E-state index contributed by atoms with van der Waals surface area (Å²) in [6.07, 6.45) is 6.92. The minimum Gasteiger partial charge on any atom is -0.329 e. The van der Waals surface area contributed by atoms with Crippen LogP contribution in [0.15, 0.2) is 0 Å². The number of hydrogen-bond acceptors (Lipinski definition) is 2. The molecule has 1 saturated heterocycles. The van der Waals surface area contributed by atoms with Crippen LogP contribution in [0.1, 0.15) is 59.8 Å². The fourth-order valence-electron chi connectivity index (χ4n) is 4.78. The van der Waals surface area contributed by atoms with Gasteiger partial charge in [-0.1, -0.05) is 34.1 Å². The van der Waals surface area contributed by atoms with Crippen molar-refractivity contribution in [3.63, 3.8) is 0 Å². The van der Waals surface area contributed by atoms with Crippen LogP contribution in [0, 0.1) is 23.7 Å². The van der Waals surface area contributed by atoms with Crippen molar-refractivity contribution in [1.82, 2.24) is 4.90 Å². The number of nitrogens with two attached hydrogens (primary N) is 1. The second kappa shape index (κ2) is 6.13. The van der Waals surface area contributed by atoms with Gasteiger partial charge >= 0.3 is 0 Å². The van der Waals surface area contributed by atoms with E-state index in [2.05, 4.69) is 32.6 Å². The quantitative estimate of drug-likeness (QED) is 0.797. The fraction of sp³-hybridized carbons (Fsp3) is 1.00. The first-order chi connectivity index (χ1) is 8.97. The van der Waals surface area contributed by atoms with E-state index in [1.807, 2.05) is 0 Å². The van der Waals surface area contributed by atoms with Crippen molar-refractivity contribution in [1.29, 1.82) is 0 Å². The number of fused-ring (bicyclic) bond motifs is 1. The lowest BCUT2D eigenvalue weighted by molar-refractivity contribution is 0.0683. The molecule has 19 heavy (non-hydrogen) atoms. The van der Waals surface area contributed by atoms with Gasteiger partial charge in [-0.25, -0.2) is 0 Å². The summed E-state index contributed by atoms with van der Waals surface area (Å²) in [6, 6.07) is 0. The van der Waals surface area contributed by atoms with Gasteiger partial charge in [0.15, 0.2) is 0 Å². The summed E-state index contributed by atoms with van der Waals surface area (Å²) in [5.74, 6) is 3.43. The van der Waals surface area contributed by atoms with Crippen molar-refractivity contribution in [2.45, 2.75) is 65.3 Å². The van der Waals surface area contributed by atoms with Gasteiger partial charge in [-0.2, -0.15) is 0 Å². The Balaban J connectivity index is 2.12. The normalized spacial score (nSPS) is 28.6. The molecule has 0 aromatic rings. The van der Waals surface area contributed by atoms with Crippen molar-refractivity contribution < 1.29 is 0 Å². The van der Waals surface area contributed by atoms with Crippen molar-refractivity contribution >= 4 is 0 Å². The smallest absolute Gasteiger partial charge is 0.0336 e. The largest absolute Gasteiger partial charge is 0.329 e. The van der Waals surface area contributed by atoms with E-state index in [1.165, 1.54) is 45.2 Å². The lowest BCUT2D eigenvalue weighted by atomic mass is 9.80. The van der Waals surface area contributed by atoms with Crippen molar-refractivity contribution in [2.75, 3.05) is 19.6 Å². The molecule has 2 rings (SSSR count). The summed E-state index contributed by atoms with van der Waals surface area (Å²) < 4.78 is 0. The zero-order valence-electron chi connectivity index (χ0n) is 13.5. The van der Waals surface area contributed by atoms with Gasteiger partial charge in [0.25, 0.3) is 0 Å². The average Bonchev–Trinajstić information content (AvgIpc) is 2.86. The molecule has 2 heteroatoms. The SMILES string of the molecule is CC(C)CC(CN)(CC(C)C)N1CC2CCCC2C1. The van der Waals surface area contributed by atoms with Gasteiger partial charge in [0, 0.05) is 25.2 Å². The van der Waals surface area contributed by atoms with Crippen molar-refractivity contribution in [3.8, 4) is 0 Å². The summed E-state index contributed by atoms with van der Waals surface area (Å²) in [6.45, 7) is 12.9. The number of nitrogens with zero attached hydrogens (tertiary/aromatic N) is 1. The molecule has 0 spiro atoms.